The largest absolute Gasteiger partial charge is 0.351 e. The molecule has 0 fully saturated rings. The highest BCUT2D eigenvalue weighted by atomic mass is 35.5. The summed E-state index contributed by atoms with van der Waals surface area (Å²) in [6, 6.07) is 2.35. The summed E-state index contributed by atoms with van der Waals surface area (Å²) in [5.74, 6) is 0.0141. The zero-order chi connectivity index (χ0) is 13.0. The molecule has 0 saturated carbocycles. The van der Waals surface area contributed by atoms with E-state index in [0.29, 0.717) is 12.6 Å². The monoisotopic (exact) mass is 273 g/mol. The molecule has 1 heterocycles. The number of halogens is 1. The molecule has 0 aliphatic rings. The number of aromatic nitrogens is 1. The maximum atomic E-state index is 12.0. The van der Waals surface area contributed by atoms with Gasteiger partial charge in [0.05, 0.1) is 5.56 Å². The van der Waals surface area contributed by atoms with Crippen LogP contribution in [0.25, 0.3) is 0 Å². The van der Waals surface area contributed by atoms with Crippen molar-refractivity contribution >= 4 is 18.3 Å². The fourth-order valence-corrected chi connectivity index (χ4v) is 2.20. The first kappa shape index (κ1) is 17.0. The number of amides is 1. The van der Waals surface area contributed by atoms with Crippen molar-refractivity contribution in [1.29, 1.82) is 0 Å². The van der Waals surface area contributed by atoms with Crippen LogP contribution in [0.1, 0.15) is 41.6 Å². The molecule has 5 heteroatoms. The van der Waals surface area contributed by atoms with E-state index < -0.39 is 0 Å². The standard InChI is InChI=1S/C13H23N3O.ClH/c1-9(2)16-10(3)8-12(11(16)4)13(17)15-7-6-14-5;/h8-9,14H,6-7H2,1-5H3,(H,15,17);1H. The average Bonchev–Trinajstić information content (AvgIpc) is 2.54. The van der Waals surface area contributed by atoms with Gasteiger partial charge in [0.2, 0.25) is 0 Å². The zero-order valence-corrected chi connectivity index (χ0v) is 12.6. The maximum absolute atomic E-state index is 12.0. The molecule has 0 spiro atoms. The van der Waals surface area contributed by atoms with E-state index in [9.17, 15) is 4.79 Å². The fourth-order valence-electron chi connectivity index (χ4n) is 2.20. The minimum Gasteiger partial charge on any atom is -0.351 e. The van der Waals surface area contributed by atoms with Crippen molar-refractivity contribution in [3.8, 4) is 0 Å². The van der Waals surface area contributed by atoms with Crippen molar-refractivity contribution in [2.24, 2.45) is 0 Å². The Bertz CT molecular complexity index is 399. The van der Waals surface area contributed by atoms with Gasteiger partial charge in [0.25, 0.3) is 5.91 Å². The predicted molar refractivity (Wildman–Crippen MR) is 77.8 cm³/mol. The number of nitrogens with one attached hydrogen (secondary N) is 2. The maximum Gasteiger partial charge on any atom is 0.253 e. The third kappa shape index (κ3) is 3.75. The van der Waals surface area contributed by atoms with Crippen molar-refractivity contribution < 1.29 is 4.79 Å². The highest BCUT2D eigenvalue weighted by Crippen LogP contribution is 2.19. The van der Waals surface area contributed by atoms with Gasteiger partial charge in [0.15, 0.2) is 0 Å². The normalized spacial score (nSPS) is 10.3. The summed E-state index contributed by atoms with van der Waals surface area (Å²) < 4.78 is 2.19. The molecule has 0 radical (unpaired) electrons. The quantitative estimate of drug-likeness (QED) is 0.807. The number of carbonyl (C=O) groups excluding carboxylic acids is 1. The summed E-state index contributed by atoms with van der Waals surface area (Å²) in [5, 5.41) is 5.91. The smallest absolute Gasteiger partial charge is 0.253 e. The van der Waals surface area contributed by atoms with Gasteiger partial charge in [0, 0.05) is 30.5 Å². The Kier molecular flexibility index (Phi) is 7.02. The van der Waals surface area contributed by atoms with E-state index in [4.69, 9.17) is 0 Å². The van der Waals surface area contributed by atoms with Crippen molar-refractivity contribution in [1.82, 2.24) is 15.2 Å². The molecule has 1 aromatic rings. The predicted octanol–water partition coefficient (Wildman–Crippen LogP) is 2.06. The first-order chi connectivity index (χ1) is 7.99. The first-order valence-corrected chi connectivity index (χ1v) is 6.10. The average molecular weight is 274 g/mol. The van der Waals surface area contributed by atoms with Gasteiger partial charge < -0.3 is 15.2 Å². The second-order valence-corrected chi connectivity index (χ2v) is 4.61. The lowest BCUT2D eigenvalue weighted by Crippen LogP contribution is -2.30. The van der Waals surface area contributed by atoms with Crippen LogP contribution in [-0.2, 0) is 0 Å². The molecular formula is C13H24ClN3O. The molecule has 0 aliphatic heterocycles. The van der Waals surface area contributed by atoms with Crippen molar-refractivity contribution in [3.05, 3.63) is 23.0 Å². The molecule has 0 aliphatic carbocycles. The number of hydrogen-bond acceptors (Lipinski definition) is 2. The molecule has 0 unspecified atom stereocenters. The molecule has 0 atom stereocenters. The molecule has 18 heavy (non-hydrogen) atoms. The molecule has 2 N–H and O–H groups in total. The second kappa shape index (κ2) is 7.44. The molecule has 1 amide bonds. The van der Waals surface area contributed by atoms with Gasteiger partial charge in [-0.2, -0.15) is 0 Å². The van der Waals surface area contributed by atoms with E-state index in [-0.39, 0.29) is 18.3 Å². The number of hydrogen-bond donors (Lipinski definition) is 2. The summed E-state index contributed by atoms with van der Waals surface area (Å²) in [5.41, 5.74) is 2.96. The summed E-state index contributed by atoms with van der Waals surface area (Å²) in [7, 11) is 1.87. The number of aryl methyl sites for hydroxylation is 1. The third-order valence-electron chi connectivity index (χ3n) is 2.91. The van der Waals surface area contributed by atoms with Gasteiger partial charge in [0.1, 0.15) is 0 Å². The van der Waals surface area contributed by atoms with Crippen LogP contribution in [-0.4, -0.2) is 30.6 Å². The van der Waals surface area contributed by atoms with Gasteiger partial charge in [-0.1, -0.05) is 0 Å². The van der Waals surface area contributed by atoms with Crippen molar-refractivity contribution in [3.63, 3.8) is 0 Å². The highest BCUT2D eigenvalue weighted by Gasteiger charge is 2.16. The lowest BCUT2D eigenvalue weighted by molar-refractivity contribution is 0.0953. The highest BCUT2D eigenvalue weighted by molar-refractivity contribution is 5.95. The van der Waals surface area contributed by atoms with Gasteiger partial charge in [-0.05, 0) is 40.8 Å². The topological polar surface area (TPSA) is 46.1 Å². The number of rotatable bonds is 5. The molecule has 0 saturated heterocycles. The van der Waals surface area contributed by atoms with Crippen molar-refractivity contribution in [2.75, 3.05) is 20.1 Å². The Labute approximate surface area is 116 Å². The van der Waals surface area contributed by atoms with Crippen LogP contribution >= 0.6 is 12.4 Å². The van der Waals surface area contributed by atoms with Crippen LogP contribution in [0.2, 0.25) is 0 Å². The van der Waals surface area contributed by atoms with Crippen LogP contribution in [0.3, 0.4) is 0 Å². The third-order valence-corrected chi connectivity index (χ3v) is 2.91. The van der Waals surface area contributed by atoms with Crippen molar-refractivity contribution in [2.45, 2.75) is 33.7 Å². The van der Waals surface area contributed by atoms with Gasteiger partial charge in [-0.3, -0.25) is 4.79 Å². The Hall–Kier alpha value is -1.00. The molecule has 0 aromatic carbocycles. The number of likely N-dealkylation sites (N-methyl/N-ethyl adjacent to an activating group) is 1. The Morgan fingerprint density at radius 3 is 2.39 bits per heavy atom. The Morgan fingerprint density at radius 2 is 1.94 bits per heavy atom. The van der Waals surface area contributed by atoms with E-state index in [1.165, 1.54) is 0 Å². The van der Waals surface area contributed by atoms with Gasteiger partial charge in [-0.15, -0.1) is 12.4 Å². The lowest BCUT2D eigenvalue weighted by Gasteiger charge is -2.13. The molecule has 104 valence electrons. The zero-order valence-electron chi connectivity index (χ0n) is 11.8. The first-order valence-electron chi connectivity index (χ1n) is 6.10. The molecule has 0 bridgehead atoms. The summed E-state index contributed by atoms with van der Waals surface area (Å²) >= 11 is 0. The van der Waals surface area contributed by atoms with E-state index in [1.54, 1.807) is 0 Å². The van der Waals surface area contributed by atoms with Crippen LogP contribution in [0, 0.1) is 13.8 Å². The van der Waals surface area contributed by atoms with E-state index in [2.05, 4.69) is 29.0 Å². The van der Waals surface area contributed by atoms with Crippen LogP contribution in [0.5, 0.6) is 0 Å². The molecule has 1 aromatic heterocycles. The summed E-state index contributed by atoms with van der Waals surface area (Å²) in [6.45, 7) is 9.73. The Morgan fingerprint density at radius 1 is 1.33 bits per heavy atom. The molecule has 4 nitrogen and oxygen atoms in total. The number of nitrogens with zero attached hydrogens (tertiary/aromatic N) is 1. The van der Waals surface area contributed by atoms with E-state index in [0.717, 1.165) is 23.5 Å². The summed E-state index contributed by atoms with van der Waals surface area (Å²) in [4.78, 5) is 12.0. The van der Waals surface area contributed by atoms with Gasteiger partial charge >= 0.3 is 0 Å². The molecular weight excluding hydrogens is 250 g/mol. The minimum absolute atomic E-state index is 0. The molecule has 1 rings (SSSR count). The SMILES string of the molecule is CNCCNC(=O)c1cc(C)n(C(C)C)c1C.Cl. The van der Waals surface area contributed by atoms with E-state index >= 15 is 0 Å². The lowest BCUT2D eigenvalue weighted by atomic mass is 10.2. The summed E-state index contributed by atoms with van der Waals surface area (Å²) in [6.07, 6.45) is 0. The van der Waals surface area contributed by atoms with Crippen LogP contribution < -0.4 is 10.6 Å². The second-order valence-electron chi connectivity index (χ2n) is 4.61. The van der Waals surface area contributed by atoms with E-state index in [1.807, 2.05) is 27.0 Å². The Balaban J connectivity index is 0.00000289. The fraction of sp³-hybridized carbons (Fsp3) is 0.615. The van der Waals surface area contributed by atoms with Crippen LogP contribution in [0.15, 0.2) is 6.07 Å². The number of carbonyl (C=O) groups is 1. The minimum atomic E-state index is 0. The van der Waals surface area contributed by atoms with Gasteiger partial charge in [-0.25, -0.2) is 0 Å². The van der Waals surface area contributed by atoms with Crippen LogP contribution in [0.4, 0.5) is 0 Å².